The predicted octanol–water partition coefficient (Wildman–Crippen LogP) is 3.31. The molecule has 2 N–H and O–H groups in total. The van der Waals surface area contributed by atoms with Crippen molar-refractivity contribution in [2.75, 3.05) is 26.2 Å². The first-order chi connectivity index (χ1) is 11.1. The molecule has 0 aliphatic carbocycles. The number of carbonyl (C=O) groups is 1. The number of benzene rings is 1. The van der Waals surface area contributed by atoms with E-state index in [0.29, 0.717) is 6.54 Å². The average molecular weight is 317 g/mol. The van der Waals surface area contributed by atoms with Gasteiger partial charge in [-0.2, -0.15) is 0 Å². The molecule has 0 saturated carbocycles. The number of unbranched alkanes of at least 4 members (excludes halogenated alkanes) is 1. The Morgan fingerprint density at radius 3 is 2.96 bits per heavy atom. The molecule has 1 aliphatic rings. The van der Waals surface area contributed by atoms with Crippen molar-refractivity contribution < 1.29 is 4.79 Å². The van der Waals surface area contributed by atoms with Crippen LogP contribution < -0.4 is 10.6 Å². The van der Waals surface area contributed by atoms with Gasteiger partial charge in [-0.3, -0.25) is 0 Å². The van der Waals surface area contributed by atoms with E-state index in [1.54, 1.807) is 0 Å². The number of hydrogen-bond donors (Lipinski definition) is 2. The highest BCUT2D eigenvalue weighted by molar-refractivity contribution is 5.73. The fourth-order valence-corrected chi connectivity index (χ4v) is 3.22. The molecule has 0 spiro atoms. The van der Waals surface area contributed by atoms with Gasteiger partial charge in [-0.25, -0.2) is 4.79 Å². The first kappa shape index (κ1) is 17.8. The Morgan fingerprint density at radius 2 is 2.17 bits per heavy atom. The Balaban J connectivity index is 1.51. The molecule has 4 heteroatoms. The number of carbonyl (C=O) groups excluding carboxylic acids is 1. The van der Waals surface area contributed by atoms with E-state index in [4.69, 9.17) is 0 Å². The van der Waals surface area contributed by atoms with Crippen molar-refractivity contribution in [1.29, 1.82) is 0 Å². The second kappa shape index (κ2) is 9.56. The third kappa shape index (κ3) is 7.04. The molecule has 23 heavy (non-hydrogen) atoms. The molecule has 1 heterocycles. The first-order valence-corrected chi connectivity index (χ1v) is 8.93. The third-order valence-electron chi connectivity index (χ3n) is 4.46. The Bertz CT molecular complexity index is 489. The van der Waals surface area contributed by atoms with Crippen LogP contribution in [0.15, 0.2) is 24.3 Å². The molecule has 4 nitrogen and oxygen atoms in total. The molecule has 1 saturated heterocycles. The number of urea groups is 1. The monoisotopic (exact) mass is 317 g/mol. The molecule has 128 valence electrons. The molecule has 0 radical (unpaired) electrons. The number of nitrogens with one attached hydrogen (secondary N) is 2. The largest absolute Gasteiger partial charge is 0.338 e. The lowest BCUT2D eigenvalue weighted by Crippen LogP contribution is -2.37. The van der Waals surface area contributed by atoms with Crippen molar-refractivity contribution in [3.63, 3.8) is 0 Å². The number of hydrogen-bond acceptors (Lipinski definition) is 2. The summed E-state index contributed by atoms with van der Waals surface area (Å²) in [6.45, 7) is 9.39. The number of likely N-dealkylation sites (tertiary alicyclic amines) is 1. The fourth-order valence-electron chi connectivity index (χ4n) is 3.22. The van der Waals surface area contributed by atoms with Crippen LogP contribution in [0.1, 0.15) is 43.7 Å². The second-order valence-corrected chi connectivity index (χ2v) is 6.85. The lowest BCUT2D eigenvalue weighted by Gasteiger charge is -2.30. The standard InChI is InChI=1S/C19H31N3O/c1-16-7-5-9-18(13-16)14-21-19(23)20-10-3-4-11-22-12-6-8-17(2)15-22/h5,7,9,13,17H,3-4,6,8,10-12,14-15H2,1-2H3,(H2,20,21,23)/t17-/m0/s1. The van der Waals surface area contributed by atoms with E-state index >= 15 is 0 Å². The van der Waals surface area contributed by atoms with Gasteiger partial charge in [0.25, 0.3) is 0 Å². The SMILES string of the molecule is Cc1cccc(CNC(=O)NCCCCN2CCC[C@H](C)C2)c1. The zero-order valence-corrected chi connectivity index (χ0v) is 14.6. The zero-order valence-electron chi connectivity index (χ0n) is 14.6. The average Bonchev–Trinajstić information content (AvgIpc) is 2.53. The van der Waals surface area contributed by atoms with Gasteiger partial charge in [0.05, 0.1) is 0 Å². The Hall–Kier alpha value is -1.55. The van der Waals surface area contributed by atoms with Crippen molar-refractivity contribution in [3.8, 4) is 0 Å². The van der Waals surface area contributed by atoms with Crippen LogP contribution in [0.5, 0.6) is 0 Å². The highest BCUT2D eigenvalue weighted by Gasteiger charge is 2.15. The van der Waals surface area contributed by atoms with E-state index < -0.39 is 0 Å². The number of nitrogens with zero attached hydrogens (tertiary/aromatic N) is 1. The summed E-state index contributed by atoms with van der Waals surface area (Å²) in [6.07, 6.45) is 4.91. The summed E-state index contributed by atoms with van der Waals surface area (Å²) in [5.41, 5.74) is 2.36. The van der Waals surface area contributed by atoms with E-state index in [9.17, 15) is 4.79 Å². The number of piperidine rings is 1. The molecule has 2 rings (SSSR count). The van der Waals surface area contributed by atoms with Gasteiger partial charge in [0.1, 0.15) is 0 Å². The molecule has 1 aliphatic heterocycles. The topological polar surface area (TPSA) is 44.4 Å². The molecule has 0 bridgehead atoms. The lowest BCUT2D eigenvalue weighted by molar-refractivity contribution is 0.181. The van der Waals surface area contributed by atoms with Gasteiger partial charge in [-0.15, -0.1) is 0 Å². The summed E-state index contributed by atoms with van der Waals surface area (Å²) >= 11 is 0. The van der Waals surface area contributed by atoms with E-state index in [0.717, 1.165) is 37.4 Å². The molecular weight excluding hydrogens is 286 g/mol. The van der Waals surface area contributed by atoms with E-state index in [1.165, 1.54) is 31.5 Å². The van der Waals surface area contributed by atoms with Crippen molar-refractivity contribution in [3.05, 3.63) is 35.4 Å². The van der Waals surface area contributed by atoms with Gasteiger partial charge in [-0.1, -0.05) is 36.8 Å². The van der Waals surface area contributed by atoms with E-state index in [2.05, 4.69) is 41.5 Å². The van der Waals surface area contributed by atoms with Gasteiger partial charge in [0.2, 0.25) is 0 Å². The third-order valence-corrected chi connectivity index (χ3v) is 4.46. The minimum atomic E-state index is -0.0712. The van der Waals surface area contributed by atoms with Crippen molar-refractivity contribution in [1.82, 2.24) is 15.5 Å². The minimum absolute atomic E-state index is 0.0712. The highest BCUT2D eigenvalue weighted by atomic mass is 16.2. The molecule has 0 unspecified atom stereocenters. The number of amides is 2. The second-order valence-electron chi connectivity index (χ2n) is 6.85. The van der Waals surface area contributed by atoms with E-state index in [-0.39, 0.29) is 6.03 Å². The quantitative estimate of drug-likeness (QED) is 0.758. The Morgan fingerprint density at radius 1 is 1.30 bits per heavy atom. The van der Waals surface area contributed by atoms with Gasteiger partial charge < -0.3 is 15.5 Å². The van der Waals surface area contributed by atoms with Crippen LogP contribution in [-0.4, -0.2) is 37.1 Å². The van der Waals surface area contributed by atoms with Crippen molar-refractivity contribution >= 4 is 6.03 Å². The molecule has 1 aromatic carbocycles. The van der Waals surface area contributed by atoms with Crippen LogP contribution in [0.25, 0.3) is 0 Å². The zero-order chi connectivity index (χ0) is 16.5. The summed E-state index contributed by atoms with van der Waals surface area (Å²) in [6, 6.07) is 8.14. The normalized spacial score (nSPS) is 18.6. The van der Waals surface area contributed by atoms with Crippen molar-refractivity contribution in [2.24, 2.45) is 5.92 Å². The molecule has 0 aromatic heterocycles. The molecule has 1 atom stereocenters. The Kier molecular flexibility index (Phi) is 7.40. The molecular formula is C19H31N3O. The molecule has 2 amide bonds. The fraction of sp³-hybridized carbons (Fsp3) is 0.632. The predicted molar refractivity (Wildman–Crippen MR) is 95.5 cm³/mol. The molecule has 1 fully saturated rings. The van der Waals surface area contributed by atoms with Crippen LogP contribution >= 0.6 is 0 Å². The summed E-state index contributed by atoms with van der Waals surface area (Å²) < 4.78 is 0. The van der Waals surface area contributed by atoms with Crippen LogP contribution in [0.4, 0.5) is 4.79 Å². The van der Waals surface area contributed by atoms with Gasteiger partial charge in [0.15, 0.2) is 0 Å². The summed E-state index contributed by atoms with van der Waals surface area (Å²) in [4.78, 5) is 14.3. The van der Waals surface area contributed by atoms with Gasteiger partial charge in [-0.05, 0) is 57.2 Å². The van der Waals surface area contributed by atoms with Crippen LogP contribution in [0, 0.1) is 12.8 Å². The maximum absolute atomic E-state index is 11.8. The van der Waals surface area contributed by atoms with Crippen molar-refractivity contribution in [2.45, 2.75) is 46.1 Å². The van der Waals surface area contributed by atoms with E-state index in [1.807, 2.05) is 12.1 Å². The first-order valence-electron chi connectivity index (χ1n) is 8.93. The van der Waals surface area contributed by atoms with Crippen LogP contribution in [0.3, 0.4) is 0 Å². The van der Waals surface area contributed by atoms with Gasteiger partial charge >= 0.3 is 6.03 Å². The summed E-state index contributed by atoms with van der Waals surface area (Å²) in [5.74, 6) is 0.842. The van der Waals surface area contributed by atoms with Crippen LogP contribution in [-0.2, 0) is 6.54 Å². The minimum Gasteiger partial charge on any atom is -0.338 e. The smallest absolute Gasteiger partial charge is 0.315 e. The number of aryl methyl sites for hydroxylation is 1. The van der Waals surface area contributed by atoms with Crippen LogP contribution in [0.2, 0.25) is 0 Å². The maximum atomic E-state index is 11.8. The maximum Gasteiger partial charge on any atom is 0.315 e. The summed E-state index contributed by atoms with van der Waals surface area (Å²) in [5, 5.41) is 5.86. The molecule has 1 aromatic rings. The lowest BCUT2D eigenvalue weighted by atomic mass is 10.0. The van der Waals surface area contributed by atoms with Gasteiger partial charge in [0, 0.05) is 19.6 Å². The highest BCUT2D eigenvalue weighted by Crippen LogP contribution is 2.15. The Labute approximate surface area is 140 Å². The number of rotatable bonds is 7. The summed E-state index contributed by atoms with van der Waals surface area (Å²) in [7, 11) is 0.